The van der Waals surface area contributed by atoms with Crippen LogP contribution in [0, 0.1) is 5.92 Å². The van der Waals surface area contributed by atoms with Crippen LogP contribution in [0.15, 0.2) is 0 Å². The fourth-order valence-electron chi connectivity index (χ4n) is 2.29. The van der Waals surface area contributed by atoms with E-state index in [0.717, 1.165) is 12.0 Å². The summed E-state index contributed by atoms with van der Waals surface area (Å²) in [5, 5.41) is 4.15. The van der Waals surface area contributed by atoms with E-state index in [-0.39, 0.29) is 0 Å². The molecule has 0 atom stereocenters. The first-order chi connectivity index (χ1) is 6.34. The molecule has 0 spiro atoms. The average molecular weight is 202 g/mol. The fourth-order valence-corrected chi connectivity index (χ4v) is 2.54. The molecule has 0 aliphatic heterocycles. The number of rotatable bonds is 3. The molecule has 0 saturated heterocycles. The lowest BCUT2D eigenvalue weighted by atomic mass is 9.85. The highest BCUT2D eigenvalue weighted by Gasteiger charge is 2.22. The molecule has 0 unspecified atom stereocenters. The Morgan fingerprint density at radius 1 is 1.00 bits per heavy atom. The van der Waals surface area contributed by atoms with Gasteiger partial charge in [-0.25, -0.2) is 0 Å². The van der Waals surface area contributed by atoms with E-state index in [1.807, 2.05) is 0 Å². The van der Waals surface area contributed by atoms with Crippen LogP contribution in [-0.4, -0.2) is 18.0 Å². The van der Waals surface area contributed by atoms with Crippen molar-refractivity contribution in [1.29, 1.82) is 0 Å². The number of nitrogens with one attached hydrogen (secondary N) is 1. The Labute approximate surface area is 86.2 Å². The Balaban J connectivity index is 1.59. The van der Waals surface area contributed by atoms with Crippen LogP contribution in [0.1, 0.15) is 44.9 Å². The minimum atomic E-state index is 0.460. The van der Waals surface area contributed by atoms with Crippen LogP contribution in [0.2, 0.25) is 0 Å². The van der Waals surface area contributed by atoms with Gasteiger partial charge in [-0.3, -0.25) is 0 Å². The van der Waals surface area contributed by atoms with E-state index in [2.05, 4.69) is 5.32 Å². The van der Waals surface area contributed by atoms with Gasteiger partial charge in [0, 0.05) is 11.4 Å². The number of halogens is 1. The average Bonchev–Trinajstić information content (AvgIpc) is 2.05. The van der Waals surface area contributed by atoms with E-state index >= 15 is 0 Å². The third-order valence-electron chi connectivity index (χ3n) is 3.58. The standard InChI is InChI=1S/C11H20ClN/c12-10-4-6-11(7-5-10)13-8-9-2-1-3-9/h9-11,13H,1-8H2. The van der Waals surface area contributed by atoms with E-state index < -0.39 is 0 Å². The molecule has 2 aliphatic carbocycles. The van der Waals surface area contributed by atoms with Crippen LogP contribution in [0.3, 0.4) is 0 Å². The van der Waals surface area contributed by atoms with Gasteiger partial charge in [-0.1, -0.05) is 6.42 Å². The monoisotopic (exact) mass is 201 g/mol. The van der Waals surface area contributed by atoms with Gasteiger partial charge in [0.25, 0.3) is 0 Å². The molecular formula is C11H20ClN. The zero-order chi connectivity index (χ0) is 9.10. The van der Waals surface area contributed by atoms with Gasteiger partial charge in [-0.2, -0.15) is 0 Å². The topological polar surface area (TPSA) is 12.0 Å². The lowest BCUT2D eigenvalue weighted by Gasteiger charge is -2.31. The minimum absolute atomic E-state index is 0.460. The van der Waals surface area contributed by atoms with Crippen molar-refractivity contribution in [2.45, 2.75) is 56.4 Å². The van der Waals surface area contributed by atoms with E-state index in [9.17, 15) is 0 Å². The molecule has 0 aromatic rings. The summed E-state index contributed by atoms with van der Waals surface area (Å²) < 4.78 is 0. The lowest BCUT2D eigenvalue weighted by Crippen LogP contribution is -2.38. The summed E-state index contributed by atoms with van der Waals surface area (Å²) >= 11 is 6.06. The van der Waals surface area contributed by atoms with Crippen molar-refractivity contribution in [3.05, 3.63) is 0 Å². The molecule has 1 nitrogen and oxygen atoms in total. The van der Waals surface area contributed by atoms with E-state index in [1.54, 1.807) is 0 Å². The smallest absolute Gasteiger partial charge is 0.0337 e. The molecule has 0 radical (unpaired) electrons. The third kappa shape index (κ3) is 2.85. The molecule has 0 aromatic carbocycles. The largest absolute Gasteiger partial charge is 0.314 e. The van der Waals surface area contributed by atoms with Gasteiger partial charge in [-0.15, -0.1) is 11.6 Å². The number of hydrogen-bond acceptors (Lipinski definition) is 1. The van der Waals surface area contributed by atoms with Gasteiger partial charge in [0.05, 0.1) is 0 Å². The summed E-state index contributed by atoms with van der Waals surface area (Å²) in [5.41, 5.74) is 0. The minimum Gasteiger partial charge on any atom is -0.314 e. The van der Waals surface area contributed by atoms with Gasteiger partial charge in [0.15, 0.2) is 0 Å². The molecule has 2 rings (SSSR count). The Bertz CT molecular complexity index is 148. The summed E-state index contributed by atoms with van der Waals surface area (Å²) in [6.07, 6.45) is 9.38. The summed E-state index contributed by atoms with van der Waals surface area (Å²) in [7, 11) is 0. The Morgan fingerprint density at radius 3 is 2.23 bits per heavy atom. The van der Waals surface area contributed by atoms with Crippen LogP contribution >= 0.6 is 11.6 Å². The maximum atomic E-state index is 6.06. The number of hydrogen-bond donors (Lipinski definition) is 1. The van der Waals surface area contributed by atoms with Crippen LogP contribution < -0.4 is 5.32 Å². The van der Waals surface area contributed by atoms with Crippen molar-refractivity contribution in [3.8, 4) is 0 Å². The van der Waals surface area contributed by atoms with Gasteiger partial charge in [-0.05, 0) is 51.0 Å². The van der Waals surface area contributed by atoms with Gasteiger partial charge in [0.1, 0.15) is 0 Å². The molecule has 2 heteroatoms. The predicted octanol–water partition coefficient (Wildman–Crippen LogP) is 2.93. The Morgan fingerprint density at radius 2 is 1.69 bits per heavy atom. The SMILES string of the molecule is ClC1CCC(NCC2CCC2)CC1. The lowest BCUT2D eigenvalue weighted by molar-refractivity contribution is 0.271. The molecule has 2 fully saturated rings. The summed E-state index contributed by atoms with van der Waals surface area (Å²) in [6, 6.07) is 0.774. The van der Waals surface area contributed by atoms with Crippen LogP contribution in [0.25, 0.3) is 0 Å². The van der Waals surface area contributed by atoms with Gasteiger partial charge in [0.2, 0.25) is 0 Å². The third-order valence-corrected chi connectivity index (χ3v) is 4.01. The molecule has 2 aliphatic rings. The molecular weight excluding hydrogens is 182 g/mol. The molecule has 13 heavy (non-hydrogen) atoms. The van der Waals surface area contributed by atoms with E-state index in [1.165, 1.54) is 51.5 Å². The van der Waals surface area contributed by atoms with E-state index in [4.69, 9.17) is 11.6 Å². The maximum absolute atomic E-state index is 6.06. The molecule has 0 heterocycles. The summed E-state index contributed by atoms with van der Waals surface area (Å²) in [4.78, 5) is 0. The molecule has 0 bridgehead atoms. The zero-order valence-corrected chi connectivity index (χ0v) is 9.02. The first-order valence-electron chi connectivity index (χ1n) is 5.72. The van der Waals surface area contributed by atoms with E-state index in [0.29, 0.717) is 5.38 Å². The normalized spacial score (nSPS) is 35.8. The number of alkyl halides is 1. The van der Waals surface area contributed by atoms with Crippen molar-refractivity contribution >= 4 is 11.6 Å². The zero-order valence-electron chi connectivity index (χ0n) is 8.27. The van der Waals surface area contributed by atoms with Crippen molar-refractivity contribution in [2.75, 3.05) is 6.54 Å². The second kappa shape index (κ2) is 4.65. The Hall–Kier alpha value is 0.250. The predicted molar refractivity (Wildman–Crippen MR) is 57.2 cm³/mol. The molecule has 1 N–H and O–H groups in total. The quantitative estimate of drug-likeness (QED) is 0.693. The van der Waals surface area contributed by atoms with Gasteiger partial charge < -0.3 is 5.32 Å². The molecule has 0 amide bonds. The molecule has 76 valence electrons. The molecule has 0 aromatic heterocycles. The second-order valence-corrected chi connectivity index (χ2v) is 5.27. The summed E-state index contributed by atoms with van der Waals surface area (Å²) in [5.74, 6) is 0.994. The summed E-state index contributed by atoms with van der Waals surface area (Å²) in [6.45, 7) is 1.26. The first kappa shape index (κ1) is 9.79. The highest BCUT2D eigenvalue weighted by Crippen LogP contribution is 2.27. The highest BCUT2D eigenvalue weighted by molar-refractivity contribution is 6.20. The van der Waals surface area contributed by atoms with Crippen molar-refractivity contribution < 1.29 is 0 Å². The van der Waals surface area contributed by atoms with Gasteiger partial charge >= 0.3 is 0 Å². The van der Waals surface area contributed by atoms with Crippen molar-refractivity contribution in [3.63, 3.8) is 0 Å². The van der Waals surface area contributed by atoms with Crippen LogP contribution in [-0.2, 0) is 0 Å². The molecule has 2 saturated carbocycles. The van der Waals surface area contributed by atoms with Crippen LogP contribution in [0.4, 0.5) is 0 Å². The van der Waals surface area contributed by atoms with Crippen molar-refractivity contribution in [2.24, 2.45) is 5.92 Å². The van der Waals surface area contributed by atoms with Crippen molar-refractivity contribution in [1.82, 2.24) is 5.32 Å². The Kier molecular flexibility index (Phi) is 3.51. The fraction of sp³-hybridized carbons (Fsp3) is 1.00. The second-order valence-electron chi connectivity index (χ2n) is 4.65. The highest BCUT2D eigenvalue weighted by atomic mass is 35.5. The maximum Gasteiger partial charge on any atom is 0.0337 e. The first-order valence-corrected chi connectivity index (χ1v) is 6.15. The van der Waals surface area contributed by atoms with Crippen LogP contribution in [0.5, 0.6) is 0 Å².